The Hall–Kier alpha value is -1.10. The van der Waals surface area contributed by atoms with Crippen LogP contribution in [0.5, 0.6) is 0 Å². The summed E-state index contributed by atoms with van der Waals surface area (Å²) < 4.78 is 0. The lowest BCUT2D eigenvalue weighted by molar-refractivity contribution is -0.129. The van der Waals surface area contributed by atoms with E-state index < -0.39 is 11.9 Å². The zero-order valence-corrected chi connectivity index (χ0v) is 9.04. The number of nitrogens with two attached hydrogens (primary N) is 1. The van der Waals surface area contributed by atoms with Gasteiger partial charge in [-0.3, -0.25) is 14.9 Å². The Bertz CT molecular complexity index is 206. The van der Waals surface area contributed by atoms with Crippen LogP contribution >= 0.6 is 0 Å². The summed E-state index contributed by atoms with van der Waals surface area (Å²) in [6.07, 6.45) is 0.596. The van der Waals surface area contributed by atoms with Gasteiger partial charge in [0.15, 0.2) is 0 Å². The number of nitrogens with one attached hydrogen (secondary N) is 1. The third-order valence-electron chi connectivity index (χ3n) is 2.15. The number of amides is 2. The van der Waals surface area contributed by atoms with Gasteiger partial charge in [-0.25, -0.2) is 0 Å². The van der Waals surface area contributed by atoms with Crippen molar-refractivity contribution in [3.8, 4) is 0 Å². The summed E-state index contributed by atoms with van der Waals surface area (Å²) in [4.78, 5) is 23.7. The van der Waals surface area contributed by atoms with Crippen LogP contribution in [0.4, 0.5) is 0 Å². The van der Waals surface area contributed by atoms with Crippen LogP contribution in [0, 0.1) is 0 Å². The molecule has 0 radical (unpaired) electrons. The second-order valence-corrected chi connectivity index (χ2v) is 3.15. The molecule has 0 aromatic rings. The Morgan fingerprint density at radius 2 is 2.00 bits per heavy atom. The lowest BCUT2D eigenvalue weighted by Gasteiger charge is -2.17. The lowest BCUT2D eigenvalue weighted by atomic mass is 10.2. The molecule has 0 heterocycles. The summed E-state index contributed by atoms with van der Waals surface area (Å²) in [6.45, 7) is 4.55. The highest BCUT2D eigenvalue weighted by Gasteiger charge is 2.14. The molecule has 0 aliphatic heterocycles. The predicted octanol–water partition coefficient (Wildman–Crippen LogP) is -0.682. The van der Waals surface area contributed by atoms with Crippen LogP contribution in [0.1, 0.15) is 20.3 Å². The van der Waals surface area contributed by atoms with E-state index >= 15 is 0 Å². The number of carbonyl (C=O) groups excluding carboxylic acids is 2. The maximum Gasteiger partial charge on any atom is 0.236 e. The van der Waals surface area contributed by atoms with Crippen molar-refractivity contribution in [2.24, 2.45) is 5.73 Å². The van der Waals surface area contributed by atoms with Gasteiger partial charge in [-0.05, 0) is 13.3 Å². The molecule has 0 aromatic carbocycles. The molecule has 1 unspecified atom stereocenters. The quantitative estimate of drug-likeness (QED) is 0.597. The van der Waals surface area contributed by atoms with Gasteiger partial charge in [-0.15, -0.1) is 0 Å². The standard InChI is InChI=1S/C9H19N3O2/c1-4-7(9(10)14)11-6-8(13)12(3)5-2/h7,11H,4-6H2,1-3H3,(H2,10,14). The molecule has 0 aliphatic carbocycles. The zero-order chi connectivity index (χ0) is 11.1. The van der Waals surface area contributed by atoms with Gasteiger partial charge in [0.1, 0.15) is 0 Å². The molecule has 0 saturated carbocycles. The Morgan fingerprint density at radius 3 is 2.36 bits per heavy atom. The molecule has 0 aliphatic rings. The maximum absolute atomic E-state index is 11.3. The van der Waals surface area contributed by atoms with Crippen LogP contribution in [-0.2, 0) is 9.59 Å². The molecule has 0 aromatic heterocycles. The first kappa shape index (κ1) is 12.9. The Morgan fingerprint density at radius 1 is 1.43 bits per heavy atom. The number of primary amides is 1. The van der Waals surface area contributed by atoms with Crippen LogP contribution in [-0.4, -0.2) is 42.9 Å². The molecule has 3 N–H and O–H groups in total. The van der Waals surface area contributed by atoms with Crippen molar-refractivity contribution in [2.75, 3.05) is 20.1 Å². The van der Waals surface area contributed by atoms with Gasteiger partial charge >= 0.3 is 0 Å². The van der Waals surface area contributed by atoms with E-state index in [2.05, 4.69) is 5.32 Å². The summed E-state index contributed by atoms with van der Waals surface area (Å²) in [5.74, 6) is -0.452. The van der Waals surface area contributed by atoms with Crippen LogP contribution in [0.2, 0.25) is 0 Å². The number of hydrogen-bond donors (Lipinski definition) is 2. The average molecular weight is 201 g/mol. The third-order valence-corrected chi connectivity index (χ3v) is 2.15. The third kappa shape index (κ3) is 4.23. The fourth-order valence-electron chi connectivity index (χ4n) is 0.968. The van der Waals surface area contributed by atoms with E-state index in [1.54, 1.807) is 11.9 Å². The number of nitrogens with zero attached hydrogens (tertiary/aromatic N) is 1. The van der Waals surface area contributed by atoms with Crippen LogP contribution in [0.25, 0.3) is 0 Å². The molecule has 0 bridgehead atoms. The van der Waals surface area contributed by atoms with Gasteiger partial charge in [0, 0.05) is 13.6 Å². The van der Waals surface area contributed by atoms with E-state index in [0.29, 0.717) is 13.0 Å². The number of hydrogen-bond acceptors (Lipinski definition) is 3. The fraction of sp³-hybridized carbons (Fsp3) is 0.778. The molecule has 5 heteroatoms. The topological polar surface area (TPSA) is 75.4 Å². The van der Waals surface area contributed by atoms with Gasteiger partial charge < -0.3 is 10.6 Å². The highest BCUT2D eigenvalue weighted by Crippen LogP contribution is 1.89. The minimum absolute atomic E-state index is 0.0350. The molecule has 0 rings (SSSR count). The highest BCUT2D eigenvalue weighted by atomic mass is 16.2. The molecule has 2 amide bonds. The molecular weight excluding hydrogens is 182 g/mol. The number of rotatable bonds is 6. The van der Waals surface area contributed by atoms with Gasteiger partial charge in [-0.2, -0.15) is 0 Å². The van der Waals surface area contributed by atoms with Crippen molar-refractivity contribution in [3.05, 3.63) is 0 Å². The Labute approximate surface area is 84.6 Å². The largest absolute Gasteiger partial charge is 0.368 e. The normalized spacial score (nSPS) is 12.2. The zero-order valence-electron chi connectivity index (χ0n) is 9.04. The smallest absolute Gasteiger partial charge is 0.236 e. The Kier molecular flexibility index (Phi) is 5.87. The van der Waals surface area contributed by atoms with Crippen molar-refractivity contribution in [1.82, 2.24) is 10.2 Å². The van der Waals surface area contributed by atoms with Gasteiger partial charge in [-0.1, -0.05) is 6.92 Å². The monoisotopic (exact) mass is 201 g/mol. The van der Waals surface area contributed by atoms with Crippen LogP contribution < -0.4 is 11.1 Å². The number of likely N-dealkylation sites (N-methyl/N-ethyl adjacent to an activating group) is 1. The minimum Gasteiger partial charge on any atom is -0.368 e. The molecule has 0 saturated heterocycles. The second-order valence-electron chi connectivity index (χ2n) is 3.15. The summed E-state index contributed by atoms with van der Waals surface area (Å²) in [6, 6.07) is -0.413. The molecule has 14 heavy (non-hydrogen) atoms. The summed E-state index contributed by atoms with van der Waals surface area (Å²) in [5, 5.41) is 2.82. The Balaban J connectivity index is 3.91. The fourth-order valence-corrected chi connectivity index (χ4v) is 0.968. The first-order valence-electron chi connectivity index (χ1n) is 4.79. The van der Waals surface area contributed by atoms with Gasteiger partial charge in [0.25, 0.3) is 0 Å². The first-order chi connectivity index (χ1) is 6.52. The van der Waals surface area contributed by atoms with Crippen molar-refractivity contribution in [2.45, 2.75) is 26.3 Å². The molecular formula is C9H19N3O2. The average Bonchev–Trinajstić information content (AvgIpc) is 2.16. The number of carbonyl (C=O) groups is 2. The SMILES string of the molecule is CCC(NCC(=O)N(C)CC)C(N)=O. The minimum atomic E-state index is -0.417. The molecule has 1 atom stereocenters. The van der Waals surface area contributed by atoms with Crippen molar-refractivity contribution < 1.29 is 9.59 Å². The van der Waals surface area contributed by atoms with Gasteiger partial charge in [0.2, 0.25) is 11.8 Å². The second kappa shape index (κ2) is 6.37. The van der Waals surface area contributed by atoms with Crippen LogP contribution in [0.3, 0.4) is 0 Å². The van der Waals surface area contributed by atoms with E-state index in [-0.39, 0.29) is 12.5 Å². The molecule has 0 spiro atoms. The highest BCUT2D eigenvalue weighted by molar-refractivity contribution is 5.82. The molecule has 82 valence electrons. The summed E-state index contributed by atoms with van der Waals surface area (Å²) in [7, 11) is 1.72. The summed E-state index contributed by atoms with van der Waals surface area (Å²) >= 11 is 0. The van der Waals surface area contributed by atoms with E-state index in [9.17, 15) is 9.59 Å². The lowest BCUT2D eigenvalue weighted by Crippen LogP contribution is -2.45. The van der Waals surface area contributed by atoms with E-state index in [4.69, 9.17) is 5.73 Å². The van der Waals surface area contributed by atoms with Gasteiger partial charge in [0.05, 0.1) is 12.6 Å². The van der Waals surface area contributed by atoms with Crippen molar-refractivity contribution >= 4 is 11.8 Å². The van der Waals surface area contributed by atoms with E-state index in [0.717, 1.165) is 0 Å². The van der Waals surface area contributed by atoms with Crippen molar-refractivity contribution in [1.29, 1.82) is 0 Å². The van der Waals surface area contributed by atoms with E-state index in [1.165, 1.54) is 0 Å². The summed E-state index contributed by atoms with van der Waals surface area (Å²) in [5.41, 5.74) is 5.12. The maximum atomic E-state index is 11.3. The molecule has 5 nitrogen and oxygen atoms in total. The van der Waals surface area contributed by atoms with Crippen molar-refractivity contribution in [3.63, 3.8) is 0 Å². The van der Waals surface area contributed by atoms with E-state index in [1.807, 2.05) is 13.8 Å². The predicted molar refractivity (Wildman–Crippen MR) is 54.6 cm³/mol. The molecule has 0 fully saturated rings. The van der Waals surface area contributed by atoms with Crippen LogP contribution in [0.15, 0.2) is 0 Å². The first-order valence-corrected chi connectivity index (χ1v) is 4.79.